The van der Waals surface area contributed by atoms with Crippen LogP contribution in [0.25, 0.3) is 32.8 Å². The molecule has 6 rings (SSSR count). The molecule has 0 spiro atoms. The molecule has 9 nitrogen and oxygen atoms in total. The van der Waals surface area contributed by atoms with Gasteiger partial charge in [0.1, 0.15) is 4.88 Å². The van der Waals surface area contributed by atoms with E-state index in [0.717, 1.165) is 38.4 Å². The second-order valence-corrected chi connectivity index (χ2v) is 8.51. The number of carboxylic acids is 1. The third kappa shape index (κ3) is 3.33. The molecule has 0 amide bonds. The van der Waals surface area contributed by atoms with Crippen LogP contribution in [0, 0.1) is 0 Å². The Balaban J connectivity index is 1.47. The van der Waals surface area contributed by atoms with Crippen molar-refractivity contribution in [2.24, 2.45) is 20.7 Å². The van der Waals surface area contributed by atoms with Crippen LogP contribution in [0.3, 0.4) is 0 Å². The third-order valence-corrected chi connectivity index (χ3v) is 6.54. The average molecular weight is 453 g/mol. The molecule has 0 aliphatic carbocycles. The van der Waals surface area contributed by atoms with Gasteiger partial charge in [-0.05, 0) is 52.4 Å². The molecule has 1 aliphatic heterocycles. The van der Waals surface area contributed by atoms with Crippen molar-refractivity contribution in [1.82, 2.24) is 14.1 Å². The number of fused-ring (bicyclic) bond motifs is 1. The minimum absolute atomic E-state index is 0.305. The van der Waals surface area contributed by atoms with Crippen molar-refractivity contribution in [2.45, 2.75) is 6.17 Å². The Morgan fingerprint density at radius 3 is 2.33 bits per heavy atom. The molecular formula is C23H15N7O2S. The number of hydrogen-bond donors (Lipinski definition) is 1. The standard InChI is InChI=1S/C23H15N7O2S/c31-23(32)21-12-19-20(33-21)11-18(14-1-5-16(6-2-14)29-10-9-24-13-29)30(19)17-7-3-15(4-8-17)22-25-27-28-26-22/h1-13,22H,(H,31,32). The molecule has 0 bridgehead atoms. The van der Waals surface area contributed by atoms with Gasteiger partial charge in [-0.15, -0.1) is 21.6 Å². The second kappa shape index (κ2) is 7.61. The number of carbonyl (C=O) groups is 1. The monoisotopic (exact) mass is 453 g/mol. The fourth-order valence-corrected chi connectivity index (χ4v) is 4.82. The van der Waals surface area contributed by atoms with Crippen molar-refractivity contribution in [3.8, 4) is 22.6 Å². The molecule has 0 radical (unpaired) electrons. The molecule has 3 aromatic heterocycles. The van der Waals surface area contributed by atoms with Crippen LogP contribution < -0.4 is 0 Å². The fourth-order valence-electron chi connectivity index (χ4n) is 3.90. The first-order valence-electron chi connectivity index (χ1n) is 10.0. The van der Waals surface area contributed by atoms with Gasteiger partial charge in [-0.2, -0.15) is 0 Å². The summed E-state index contributed by atoms with van der Waals surface area (Å²) < 4.78 is 4.92. The quantitative estimate of drug-likeness (QED) is 0.348. The molecule has 2 aromatic carbocycles. The highest BCUT2D eigenvalue weighted by molar-refractivity contribution is 7.20. The van der Waals surface area contributed by atoms with Crippen LogP contribution in [0.15, 0.2) is 100 Å². The summed E-state index contributed by atoms with van der Waals surface area (Å²) in [6.07, 6.45) is 4.97. The zero-order valence-electron chi connectivity index (χ0n) is 17.0. The van der Waals surface area contributed by atoms with Crippen LogP contribution in [0.5, 0.6) is 0 Å². The van der Waals surface area contributed by atoms with Gasteiger partial charge in [-0.1, -0.05) is 24.3 Å². The summed E-state index contributed by atoms with van der Waals surface area (Å²) in [4.78, 5) is 16.0. The molecule has 160 valence electrons. The number of aromatic carboxylic acids is 1. The Hall–Kier alpha value is -4.44. The van der Waals surface area contributed by atoms with Crippen LogP contribution in [0.2, 0.25) is 0 Å². The topological polar surface area (TPSA) is 109 Å². The predicted octanol–water partition coefficient (Wildman–Crippen LogP) is 6.07. The van der Waals surface area contributed by atoms with Gasteiger partial charge in [0.2, 0.25) is 6.17 Å². The highest BCUT2D eigenvalue weighted by Gasteiger charge is 2.19. The molecule has 1 aliphatic rings. The molecule has 0 saturated carbocycles. The number of imidazole rings is 1. The maximum absolute atomic E-state index is 11.6. The van der Waals surface area contributed by atoms with Gasteiger partial charge >= 0.3 is 5.97 Å². The number of benzene rings is 2. The molecular weight excluding hydrogens is 438 g/mol. The molecule has 33 heavy (non-hydrogen) atoms. The summed E-state index contributed by atoms with van der Waals surface area (Å²) in [7, 11) is 0. The highest BCUT2D eigenvalue weighted by atomic mass is 32.1. The van der Waals surface area contributed by atoms with E-state index < -0.39 is 12.1 Å². The molecule has 0 unspecified atom stereocenters. The zero-order valence-corrected chi connectivity index (χ0v) is 17.8. The Bertz CT molecular complexity index is 1520. The van der Waals surface area contributed by atoms with E-state index >= 15 is 0 Å². The summed E-state index contributed by atoms with van der Waals surface area (Å²) in [6.45, 7) is 0. The van der Waals surface area contributed by atoms with Crippen molar-refractivity contribution in [2.75, 3.05) is 0 Å². The van der Waals surface area contributed by atoms with Gasteiger partial charge in [0.15, 0.2) is 0 Å². The lowest BCUT2D eigenvalue weighted by atomic mass is 10.1. The lowest BCUT2D eigenvalue weighted by Gasteiger charge is -2.13. The predicted molar refractivity (Wildman–Crippen MR) is 123 cm³/mol. The smallest absolute Gasteiger partial charge is 0.345 e. The molecule has 5 aromatic rings. The number of rotatable bonds is 5. The maximum atomic E-state index is 11.6. The van der Waals surface area contributed by atoms with Crippen molar-refractivity contribution in [3.63, 3.8) is 0 Å². The van der Waals surface area contributed by atoms with Crippen LogP contribution in [-0.2, 0) is 0 Å². The van der Waals surface area contributed by atoms with Gasteiger partial charge in [0.05, 0.1) is 22.2 Å². The van der Waals surface area contributed by atoms with E-state index in [1.807, 2.05) is 53.2 Å². The summed E-state index contributed by atoms with van der Waals surface area (Å²) in [5.41, 5.74) is 5.63. The first kappa shape index (κ1) is 19.3. The zero-order chi connectivity index (χ0) is 22.4. The molecule has 0 fully saturated rings. The molecule has 0 atom stereocenters. The normalized spacial score (nSPS) is 13.3. The Morgan fingerprint density at radius 2 is 1.67 bits per heavy atom. The molecule has 4 heterocycles. The number of hydrogen-bond acceptors (Lipinski definition) is 7. The van der Waals surface area contributed by atoms with E-state index in [2.05, 4.69) is 42.4 Å². The van der Waals surface area contributed by atoms with Crippen LogP contribution in [0.4, 0.5) is 0 Å². The lowest BCUT2D eigenvalue weighted by Crippen LogP contribution is -1.99. The van der Waals surface area contributed by atoms with Gasteiger partial charge in [0.25, 0.3) is 0 Å². The van der Waals surface area contributed by atoms with Gasteiger partial charge in [0, 0.05) is 29.3 Å². The largest absolute Gasteiger partial charge is 0.477 e. The highest BCUT2D eigenvalue weighted by Crippen LogP contribution is 2.37. The van der Waals surface area contributed by atoms with E-state index in [1.54, 1.807) is 18.6 Å². The maximum Gasteiger partial charge on any atom is 0.345 e. The first-order valence-corrected chi connectivity index (χ1v) is 10.9. The number of aromatic nitrogens is 3. The first-order chi connectivity index (χ1) is 16.2. The van der Waals surface area contributed by atoms with Crippen LogP contribution >= 0.6 is 11.3 Å². The summed E-state index contributed by atoms with van der Waals surface area (Å²) in [5, 5.41) is 24.6. The Labute approximate surface area is 191 Å². The summed E-state index contributed by atoms with van der Waals surface area (Å²) in [6, 6.07) is 19.7. The fraction of sp³-hybridized carbons (Fsp3) is 0.0435. The Kier molecular flexibility index (Phi) is 4.44. The van der Waals surface area contributed by atoms with Crippen molar-refractivity contribution in [1.29, 1.82) is 0 Å². The minimum Gasteiger partial charge on any atom is -0.477 e. The minimum atomic E-state index is -0.929. The Morgan fingerprint density at radius 1 is 0.939 bits per heavy atom. The van der Waals surface area contributed by atoms with Crippen molar-refractivity contribution in [3.05, 3.63) is 89.8 Å². The van der Waals surface area contributed by atoms with E-state index in [0.29, 0.717) is 4.88 Å². The van der Waals surface area contributed by atoms with Crippen LogP contribution in [0.1, 0.15) is 21.4 Å². The second-order valence-electron chi connectivity index (χ2n) is 7.42. The number of nitrogens with zero attached hydrogens (tertiary/aromatic N) is 7. The van der Waals surface area contributed by atoms with E-state index in [4.69, 9.17) is 0 Å². The summed E-state index contributed by atoms with van der Waals surface area (Å²) in [5.74, 6) is -0.929. The number of carboxylic acid groups (broad SMARTS) is 1. The lowest BCUT2D eigenvalue weighted by molar-refractivity contribution is 0.0702. The van der Waals surface area contributed by atoms with Gasteiger partial charge < -0.3 is 14.2 Å². The summed E-state index contributed by atoms with van der Waals surface area (Å²) >= 11 is 1.27. The van der Waals surface area contributed by atoms with Crippen molar-refractivity contribution < 1.29 is 9.90 Å². The van der Waals surface area contributed by atoms with Gasteiger partial charge in [-0.3, -0.25) is 0 Å². The average Bonchev–Trinajstić information content (AvgIpc) is 3.64. The molecule has 0 saturated heterocycles. The van der Waals surface area contributed by atoms with E-state index in [-0.39, 0.29) is 0 Å². The van der Waals surface area contributed by atoms with E-state index in [9.17, 15) is 9.90 Å². The SMILES string of the molecule is O=C(O)c1cc2c(cc(-c3ccc(-n4ccnc4)cc3)n2-c2ccc(C3N=NN=N3)cc2)s1. The van der Waals surface area contributed by atoms with Gasteiger partial charge in [-0.25, -0.2) is 9.78 Å². The van der Waals surface area contributed by atoms with Crippen molar-refractivity contribution >= 4 is 27.5 Å². The number of thiophene rings is 1. The van der Waals surface area contributed by atoms with Crippen LogP contribution in [-0.4, -0.2) is 25.2 Å². The molecule has 10 heteroatoms. The van der Waals surface area contributed by atoms with E-state index in [1.165, 1.54) is 11.3 Å². The third-order valence-electron chi connectivity index (χ3n) is 5.48. The molecule has 1 N–H and O–H groups in total.